The lowest BCUT2D eigenvalue weighted by atomic mass is 10.1. The Bertz CT molecular complexity index is 335. The van der Waals surface area contributed by atoms with Gasteiger partial charge in [0.15, 0.2) is 0 Å². The van der Waals surface area contributed by atoms with Gasteiger partial charge in [0.25, 0.3) is 5.91 Å². The zero-order valence-electron chi connectivity index (χ0n) is 15.4. The van der Waals surface area contributed by atoms with Gasteiger partial charge < -0.3 is 10.2 Å². The first-order valence-corrected chi connectivity index (χ1v) is 9.49. The Kier molecular flexibility index (Phi) is 14.7. The predicted molar refractivity (Wildman–Crippen MR) is 94.8 cm³/mol. The number of nitrogens with one attached hydrogen (secondary N) is 1. The van der Waals surface area contributed by atoms with E-state index in [0.29, 0.717) is 6.42 Å². The standard InChI is InChI=1S/C18H36N2O4/c1-3-5-6-7-8-9-10-11-12-13-14-15-16(21)19-20(4-2)17(22)18(23)24/h18,23-24H,3-15H2,1-2H3,(H,19,21). The van der Waals surface area contributed by atoms with Crippen LogP contribution in [0.15, 0.2) is 0 Å². The van der Waals surface area contributed by atoms with Gasteiger partial charge in [-0.25, -0.2) is 5.01 Å². The molecule has 0 heterocycles. The number of nitrogens with zero attached hydrogens (tertiary/aromatic N) is 1. The summed E-state index contributed by atoms with van der Waals surface area (Å²) in [6, 6.07) is 0. The van der Waals surface area contributed by atoms with Gasteiger partial charge in [0, 0.05) is 13.0 Å². The number of likely N-dealkylation sites (N-methyl/N-ethyl adjacent to an activating group) is 1. The molecule has 0 unspecified atom stereocenters. The molecule has 0 aromatic heterocycles. The molecule has 0 saturated carbocycles. The minimum atomic E-state index is -2.09. The Balaban J connectivity index is 3.53. The largest absolute Gasteiger partial charge is 0.361 e. The third-order valence-electron chi connectivity index (χ3n) is 4.07. The van der Waals surface area contributed by atoms with Crippen LogP contribution in [-0.4, -0.2) is 39.9 Å². The Labute approximate surface area is 146 Å². The van der Waals surface area contributed by atoms with Gasteiger partial charge in [0.2, 0.25) is 12.2 Å². The van der Waals surface area contributed by atoms with Crippen molar-refractivity contribution in [1.29, 1.82) is 0 Å². The van der Waals surface area contributed by atoms with Crippen LogP contribution in [-0.2, 0) is 9.59 Å². The number of hydrazine groups is 1. The number of carbonyl (C=O) groups excluding carboxylic acids is 2. The Morgan fingerprint density at radius 3 is 1.71 bits per heavy atom. The van der Waals surface area contributed by atoms with Crippen LogP contribution >= 0.6 is 0 Å². The number of rotatable bonds is 14. The van der Waals surface area contributed by atoms with Gasteiger partial charge in [-0.2, -0.15) is 0 Å². The molecular weight excluding hydrogens is 308 g/mol. The average molecular weight is 344 g/mol. The number of amides is 2. The van der Waals surface area contributed by atoms with Gasteiger partial charge in [-0.15, -0.1) is 0 Å². The van der Waals surface area contributed by atoms with Crippen molar-refractivity contribution in [3.8, 4) is 0 Å². The number of carbonyl (C=O) groups is 2. The fourth-order valence-corrected chi connectivity index (χ4v) is 2.59. The van der Waals surface area contributed by atoms with E-state index in [2.05, 4.69) is 12.3 Å². The second kappa shape index (κ2) is 15.4. The highest BCUT2D eigenvalue weighted by Gasteiger charge is 2.20. The fraction of sp³-hybridized carbons (Fsp3) is 0.889. The highest BCUT2D eigenvalue weighted by Crippen LogP contribution is 2.11. The topological polar surface area (TPSA) is 89.9 Å². The molecule has 142 valence electrons. The smallest absolute Gasteiger partial charge is 0.297 e. The molecule has 0 aliphatic heterocycles. The number of aliphatic hydroxyl groups excluding tert-OH is 1. The molecule has 0 aliphatic rings. The normalized spacial score (nSPS) is 10.9. The van der Waals surface area contributed by atoms with Crippen LogP contribution in [0.3, 0.4) is 0 Å². The lowest BCUT2D eigenvalue weighted by Crippen LogP contribution is -2.50. The molecule has 0 aromatic rings. The highest BCUT2D eigenvalue weighted by atomic mass is 16.5. The summed E-state index contributed by atoms with van der Waals surface area (Å²) in [7, 11) is 0. The molecular formula is C18H36N2O4. The van der Waals surface area contributed by atoms with E-state index in [4.69, 9.17) is 10.2 Å². The highest BCUT2D eigenvalue weighted by molar-refractivity contribution is 5.83. The summed E-state index contributed by atoms with van der Waals surface area (Å²) in [5.41, 5.74) is 2.41. The van der Waals surface area contributed by atoms with E-state index in [1.165, 1.54) is 51.4 Å². The van der Waals surface area contributed by atoms with Gasteiger partial charge in [0.05, 0.1) is 0 Å². The van der Waals surface area contributed by atoms with E-state index in [0.717, 1.165) is 24.3 Å². The van der Waals surface area contributed by atoms with Crippen LogP contribution in [0, 0.1) is 0 Å². The maximum absolute atomic E-state index is 11.7. The molecule has 3 N–H and O–H groups in total. The van der Waals surface area contributed by atoms with Gasteiger partial charge in [-0.05, 0) is 13.3 Å². The Hall–Kier alpha value is -1.14. The van der Waals surface area contributed by atoms with Crippen molar-refractivity contribution in [1.82, 2.24) is 10.4 Å². The molecule has 24 heavy (non-hydrogen) atoms. The predicted octanol–water partition coefficient (Wildman–Crippen LogP) is 2.88. The van der Waals surface area contributed by atoms with Crippen molar-refractivity contribution in [2.75, 3.05) is 6.54 Å². The molecule has 0 aliphatic carbocycles. The summed E-state index contributed by atoms with van der Waals surface area (Å²) >= 11 is 0. The number of unbranched alkanes of at least 4 members (excludes halogenated alkanes) is 10. The van der Waals surface area contributed by atoms with E-state index >= 15 is 0 Å². The lowest BCUT2D eigenvalue weighted by molar-refractivity contribution is -0.164. The van der Waals surface area contributed by atoms with Crippen molar-refractivity contribution in [2.24, 2.45) is 0 Å². The van der Waals surface area contributed by atoms with Gasteiger partial charge in [-0.3, -0.25) is 15.0 Å². The van der Waals surface area contributed by atoms with E-state index in [1.807, 2.05) is 0 Å². The first-order valence-electron chi connectivity index (χ1n) is 9.49. The van der Waals surface area contributed by atoms with Crippen LogP contribution in [0.4, 0.5) is 0 Å². The van der Waals surface area contributed by atoms with Crippen LogP contribution < -0.4 is 5.43 Å². The lowest BCUT2D eigenvalue weighted by Gasteiger charge is -2.22. The fourth-order valence-electron chi connectivity index (χ4n) is 2.59. The molecule has 0 spiro atoms. The van der Waals surface area contributed by atoms with Crippen LogP contribution in [0.25, 0.3) is 0 Å². The monoisotopic (exact) mass is 344 g/mol. The third kappa shape index (κ3) is 12.3. The van der Waals surface area contributed by atoms with Crippen molar-refractivity contribution in [3.63, 3.8) is 0 Å². The summed E-state index contributed by atoms with van der Waals surface area (Å²) in [5.74, 6) is -1.17. The zero-order valence-corrected chi connectivity index (χ0v) is 15.4. The minimum Gasteiger partial charge on any atom is -0.361 e. The molecule has 0 saturated heterocycles. The van der Waals surface area contributed by atoms with E-state index < -0.39 is 12.2 Å². The van der Waals surface area contributed by atoms with Gasteiger partial charge >= 0.3 is 0 Å². The van der Waals surface area contributed by atoms with Crippen LogP contribution in [0.1, 0.15) is 90.9 Å². The Morgan fingerprint density at radius 2 is 1.29 bits per heavy atom. The summed E-state index contributed by atoms with van der Waals surface area (Å²) in [6.07, 6.45) is 11.7. The van der Waals surface area contributed by atoms with Crippen molar-refractivity contribution in [2.45, 2.75) is 97.2 Å². The minimum absolute atomic E-state index is 0.195. The van der Waals surface area contributed by atoms with Crippen LogP contribution in [0.2, 0.25) is 0 Å². The molecule has 0 bridgehead atoms. The molecule has 0 atom stereocenters. The summed E-state index contributed by atoms with van der Waals surface area (Å²) in [4.78, 5) is 23.1. The second-order valence-corrected chi connectivity index (χ2v) is 6.28. The summed E-state index contributed by atoms with van der Waals surface area (Å²) in [5, 5.41) is 18.6. The Morgan fingerprint density at radius 1 is 0.833 bits per heavy atom. The summed E-state index contributed by atoms with van der Waals surface area (Å²) in [6.45, 7) is 4.08. The number of hydrogen-bond acceptors (Lipinski definition) is 4. The first kappa shape index (κ1) is 22.9. The second-order valence-electron chi connectivity index (χ2n) is 6.28. The maximum atomic E-state index is 11.7. The van der Waals surface area contributed by atoms with Crippen molar-refractivity contribution >= 4 is 11.8 Å². The molecule has 0 fully saturated rings. The molecule has 0 radical (unpaired) electrons. The van der Waals surface area contributed by atoms with E-state index in [9.17, 15) is 9.59 Å². The van der Waals surface area contributed by atoms with E-state index in [-0.39, 0.29) is 12.5 Å². The van der Waals surface area contributed by atoms with Crippen molar-refractivity contribution in [3.05, 3.63) is 0 Å². The van der Waals surface area contributed by atoms with E-state index in [1.54, 1.807) is 6.92 Å². The SMILES string of the molecule is CCCCCCCCCCCCCC(=O)NN(CC)C(=O)C(O)O. The van der Waals surface area contributed by atoms with Crippen LogP contribution in [0.5, 0.6) is 0 Å². The van der Waals surface area contributed by atoms with Crippen molar-refractivity contribution < 1.29 is 19.8 Å². The molecule has 0 rings (SSSR count). The third-order valence-corrected chi connectivity index (χ3v) is 4.07. The average Bonchev–Trinajstić information content (AvgIpc) is 2.56. The number of aliphatic hydroxyl groups is 2. The molecule has 2 amide bonds. The first-order chi connectivity index (χ1) is 11.5. The van der Waals surface area contributed by atoms with Gasteiger partial charge in [-0.1, -0.05) is 71.1 Å². The molecule has 6 heteroatoms. The maximum Gasteiger partial charge on any atom is 0.297 e. The van der Waals surface area contributed by atoms with Gasteiger partial charge in [0.1, 0.15) is 0 Å². The summed E-state index contributed by atoms with van der Waals surface area (Å²) < 4.78 is 0. The zero-order chi connectivity index (χ0) is 18.2. The molecule has 6 nitrogen and oxygen atoms in total. The number of hydrogen-bond donors (Lipinski definition) is 3. The molecule has 0 aromatic carbocycles. The quantitative estimate of drug-likeness (QED) is 0.257.